The molecule has 0 atom stereocenters. The van der Waals surface area contributed by atoms with Crippen LogP contribution < -0.4 is 4.90 Å². The molecule has 1 amide bonds. The average molecular weight is 579 g/mol. The van der Waals surface area contributed by atoms with Crippen LogP contribution in [-0.4, -0.2) is 49.4 Å². The van der Waals surface area contributed by atoms with E-state index in [1.807, 2.05) is 35.7 Å². The van der Waals surface area contributed by atoms with Gasteiger partial charge in [-0.2, -0.15) is 13.2 Å². The minimum absolute atomic E-state index is 0.0639. The van der Waals surface area contributed by atoms with E-state index in [1.165, 1.54) is 29.8 Å². The summed E-state index contributed by atoms with van der Waals surface area (Å²) in [7, 11) is 1.30. The molecular formula is C28H29F3N2O4S2. The van der Waals surface area contributed by atoms with Gasteiger partial charge in [-0.25, -0.2) is 9.78 Å². The van der Waals surface area contributed by atoms with E-state index in [1.54, 1.807) is 10.4 Å². The quantitative estimate of drug-likeness (QED) is 0.289. The molecule has 1 saturated heterocycles. The molecule has 208 valence electrons. The number of anilines is 1. The van der Waals surface area contributed by atoms with Crippen molar-refractivity contribution in [3.63, 3.8) is 0 Å². The lowest BCUT2D eigenvalue weighted by Crippen LogP contribution is -2.47. The van der Waals surface area contributed by atoms with Crippen molar-refractivity contribution in [3.05, 3.63) is 46.1 Å². The highest BCUT2D eigenvalue weighted by atomic mass is 32.1. The molecule has 0 spiro atoms. The van der Waals surface area contributed by atoms with Crippen LogP contribution in [-0.2, 0) is 14.3 Å². The molecule has 2 aromatic heterocycles. The first kappa shape index (κ1) is 27.8. The standard InChI is InChI=1S/C28H29F3N2O4S2/c1-36-27(35)25-23(14-24(39-25)18-4-2-17(3-5-18)22-15-38-16-32-22)33(21-10-12-37-13-11-21)26(34)19-6-8-20(9-7-19)28(29,30)31/h2-5,14-16,19-21H,6-13H2,1H3/t19-,20-. The van der Waals surface area contributed by atoms with Gasteiger partial charge in [0, 0.05) is 41.0 Å². The van der Waals surface area contributed by atoms with E-state index in [0.29, 0.717) is 36.6 Å². The zero-order valence-electron chi connectivity index (χ0n) is 21.4. The van der Waals surface area contributed by atoms with E-state index in [-0.39, 0.29) is 37.6 Å². The molecule has 0 unspecified atom stereocenters. The first-order chi connectivity index (χ1) is 18.8. The second-order valence-corrected chi connectivity index (χ2v) is 11.7. The van der Waals surface area contributed by atoms with Gasteiger partial charge in [0.2, 0.25) is 5.91 Å². The lowest BCUT2D eigenvalue weighted by atomic mass is 9.80. The highest BCUT2D eigenvalue weighted by Gasteiger charge is 2.44. The van der Waals surface area contributed by atoms with Gasteiger partial charge in [-0.3, -0.25) is 4.79 Å². The van der Waals surface area contributed by atoms with Gasteiger partial charge in [0.25, 0.3) is 0 Å². The molecule has 1 aromatic carbocycles. The zero-order chi connectivity index (χ0) is 27.6. The minimum Gasteiger partial charge on any atom is -0.465 e. The number of carbonyl (C=O) groups is 2. The van der Waals surface area contributed by atoms with Crippen LogP contribution in [0.15, 0.2) is 41.2 Å². The Morgan fingerprint density at radius 1 is 1.03 bits per heavy atom. The van der Waals surface area contributed by atoms with Gasteiger partial charge in [0.15, 0.2) is 0 Å². The van der Waals surface area contributed by atoms with E-state index >= 15 is 0 Å². The summed E-state index contributed by atoms with van der Waals surface area (Å²) in [4.78, 5) is 34.0. The number of esters is 1. The summed E-state index contributed by atoms with van der Waals surface area (Å²) in [6, 6.07) is 9.44. The fourth-order valence-corrected chi connectivity index (χ4v) is 7.04. The predicted octanol–water partition coefficient (Wildman–Crippen LogP) is 7.21. The summed E-state index contributed by atoms with van der Waals surface area (Å²) < 4.78 is 50.4. The summed E-state index contributed by atoms with van der Waals surface area (Å²) >= 11 is 2.76. The van der Waals surface area contributed by atoms with Gasteiger partial charge >= 0.3 is 12.1 Å². The highest BCUT2D eigenvalue weighted by molar-refractivity contribution is 7.18. The van der Waals surface area contributed by atoms with Gasteiger partial charge in [0.1, 0.15) is 4.88 Å². The molecule has 1 aliphatic heterocycles. The number of halogens is 3. The molecule has 2 fully saturated rings. The molecule has 3 aromatic rings. The molecule has 39 heavy (non-hydrogen) atoms. The maximum absolute atomic E-state index is 14.0. The molecule has 6 nitrogen and oxygen atoms in total. The summed E-state index contributed by atoms with van der Waals surface area (Å²) in [5.74, 6) is -2.68. The van der Waals surface area contributed by atoms with Crippen LogP contribution in [0, 0.1) is 11.8 Å². The third kappa shape index (κ3) is 6.05. The Labute approximate surface area is 232 Å². The molecule has 2 aliphatic rings. The van der Waals surface area contributed by atoms with Crippen LogP contribution >= 0.6 is 22.7 Å². The number of amides is 1. The summed E-state index contributed by atoms with van der Waals surface area (Å²) in [6.07, 6.45) is -2.87. The van der Waals surface area contributed by atoms with Gasteiger partial charge in [-0.05, 0) is 50.2 Å². The Balaban J connectivity index is 1.48. The number of aromatic nitrogens is 1. The molecule has 11 heteroatoms. The fourth-order valence-electron chi connectivity index (χ4n) is 5.40. The number of alkyl halides is 3. The largest absolute Gasteiger partial charge is 0.465 e. The van der Waals surface area contributed by atoms with Crippen molar-refractivity contribution in [1.82, 2.24) is 4.98 Å². The Morgan fingerprint density at radius 3 is 2.28 bits per heavy atom. The third-order valence-corrected chi connectivity index (χ3v) is 9.31. The molecule has 0 N–H and O–H groups in total. The van der Waals surface area contributed by atoms with Gasteiger partial charge < -0.3 is 14.4 Å². The number of rotatable bonds is 6. The molecule has 3 heterocycles. The smallest absolute Gasteiger partial charge is 0.391 e. The van der Waals surface area contributed by atoms with Crippen LogP contribution in [0.4, 0.5) is 18.9 Å². The van der Waals surface area contributed by atoms with E-state index in [4.69, 9.17) is 9.47 Å². The van der Waals surface area contributed by atoms with E-state index in [9.17, 15) is 22.8 Å². The van der Waals surface area contributed by atoms with Crippen molar-refractivity contribution >= 4 is 40.2 Å². The maximum Gasteiger partial charge on any atom is 0.391 e. The number of methoxy groups -OCH3 is 1. The Bertz CT molecular complexity index is 1280. The Kier molecular flexibility index (Phi) is 8.39. The van der Waals surface area contributed by atoms with Crippen LogP contribution in [0.5, 0.6) is 0 Å². The zero-order valence-corrected chi connectivity index (χ0v) is 23.0. The number of nitrogens with zero attached hydrogens (tertiary/aromatic N) is 2. The maximum atomic E-state index is 14.0. The van der Waals surface area contributed by atoms with Crippen LogP contribution in [0.3, 0.4) is 0 Å². The van der Waals surface area contributed by atoms with Crippen molar-refractivity contribution in [2.45, 2.75) is 50.7 Å². The number of hydrogen-bond donors (Lipinski definition) is 0. The van der Waals surface area contributed by atoms with E-state index in [0.717, 1.165) is 21.7 Å². The Hall–Kier alpha value is -2.76. The third-order valence-electron chi connectivity index (χ3n) is 7.57. The molecule has 0 bridgehead atoms. The highest BCUT2D eigenvalue weighted by Crippen LogP contribution is 2.43. The molecular weight excluding hydrogens is 549 g/mol. The van der Waals surface area contributed by atoms with Crippen LogP contribution in [0.2, 0.25) is 0 Å². The first-order valence-corrected chi connectivity index (χ1v) is 14.7. The van der Waals surface area contributed by atoms with Crippen LogP contribution in [0.25, 0.3) is 21.7 Å². The van der Waals surface area contributed by atoms with E-state index < -0.39 is 24.0 Å². The number of benzene rings is 1. The molecule has 1 aliphatic carbocycles. The summed E-state index contributed by atoms with van der Waals surface area (Å²) in [5, 5.41) is 1.97. The van der Waals surface area contributed by atoms with Crippen molar-refractivity contribution < 1.29 is 32.2 Å². The van der Waals surface area contributed by atoms with E-state index in [2.05, 4.69) is 4.98 Å². The first-order valence-electron chi connectivity index (χ1n) is 12.9. The van der Waals surface area contributed by atoms with Gasteiger partial charge in [-0.1, -0.05) is 24.3 Å². The molecule has 5 rings (SSSR count). The number of thiazole rings is 1. The molecule has 0 radical (unpaired) electrons. The number of carbonyl (C=O) groups excluding carboxylic acids is 2. The number of hydrogen-bond acceptors (Lipinski definition) is 7. The lowest BCUT2D eigenvalue weighted by Gasteiger charge is -2.38. The summed E-state index contributed by atoms with van der Waals surface area (Å²) in [5.41, 5.74) is 4.96. The number of thiophene rings is 1. The minimum atomic E-state index is -4.25. The molecule has 1 saturated carbocycles. The van der Waals surface area contributed by atoms with Gasteiger partial charge in [-0.15, -0.1) is 22.7 Å². The average Bonchev–Trinajstić information content (AvgIpc) is 3.64. The normalized spacial score (nSPS) is 20.5. The SMILES string of the molecule is COC(=O)c1sc(-c2ccc(-c3cscn3)cc2)cc1N(C(=O)[C@H]1CC[C@H](C(F)(F)F)CC1)C1CCOCC1. The number of ether oxygens (including phenoxy) is 2. The lowest BCUT2D eigenvalue weighted by molar-refractivity contribution is -0.184. The Morgan fingerprint density at radius 2 is 1.69 bits per heavy atom. The van der Waals surface area contributed by atoms with Crippen molar-refractivity contribution in [2.24, 2.45) is 11.8 Å². The predicted molar refractivity (Wildman–Crippen MR) is 145 cm³/mol. The fraction of sp³-hybridized carbons (Fsp3) is 0.464. The van der Waals surface area contributed by atoms with Crippen molar-refractivity contribution in [1.29, 1.82) is 0 Å². The van der Waals surface area contributed by atoms with Crippen molar-refractivity contribution in [3.8, 4) is 21.7 Å². The second-order valence-electron chi connectivity index (χ2n) is 9.91. The van der Waals surface area contributed by atoms with Crippen LogP contribution in [0.1, 0.15) is 48.2 Å². The summed E-state index contributed by atoms with van der Waals surface area (Å²) in [6.45, 7) is 0.940. The monoisotopic (exact) mass is 578 g/mol. The van der Waals surface area contributed by atoms with Gasteiger partial charge in [0.05, 0.1) is 29.9 Å². The topological polar surface area (TPSA) is 68.7 Å². The van der Waals surface area contributed by atoms with Crippen molar-refractivity contribution in [2.75, 3.05) is 25.2 Å². The second kappa shape index (κ2) is 11.8.